The maximum Gasteiger partial charge on any atom is 0.416 e. The molecule has 3 saturated heterocycles. The number of carbonyl (C=O) groups excluding carboxylic acids is 5. The number of morpholine rings is 1. The molecule has 15 nitrogen and oxygen atoms in total. The van der Waals surface area contributed by atoms with Crippen molar-refractivity contribution in [3.05, 3.63) is 94.9 Å². The van der Waals surface area contributed by atoms with Crippen LogP contribution in [0.4, 0.5) is 30.2 Å². The summed E-state index contributed by atoms with van der Waals surface area (Å²) in [7, 11) is 0. The fraction of sp³-hybridized carbons (Fsp3) is 0.386. The first kappa shape index (κ1) is 42.3. The Hall–Kier alpha value is -6.40. The van der Waals surface area contributed by atoms with Gasteiger partial charge in [0, 0.05) is 85.5 Å². The van der Waals surface area contributed by atoms with E-state index < -0.39 is 47.3 Å². The second kappa shape index (κ2) is 17.2. The lowest BCUT2D eigenvalue weighted by Gasteiger charge is -2.45. The van der Waals surface area contributed by atoms with E-state index in [1.54, 1.807) is 24.4 Å². The number of rotatable bonds is 10. The van der Waals surface area contributed by atoms with E-state index in [2.05, 4.69) is 44.2 Å². The van der Waals surface area contributed by atoms with Crippen molar-refractivity contribution < 1.29 is 46.6 Å². The molecular formula is C44H45F3N8O7. The number of hydrogen-bond acceptors (Lipinski definition) is 12. The number of amides is 5. The molecule has 0 bridgehead atoms. The minimum Gasteiger partial charge on any atom is -0.475 e. The van der Waals surface area contributed by atoms with Gasteiger partial charge < -0.3 is 24.6 Å². The first-order chi connectivity index (χ1) is 29.7. The SMILES string of the molecule is Cc1ncc(NC(=O)c2cccc(C(F)(F)F)c2)cc1-c1cnc(OCCN2C(C)CN(c3ccc4c(c3)C(=O)N(C3CCC(=O)NC3=O)C4=O)CC2C)c(N2CCOCC2)c1. The standard InChI is InChI=1S/C44H45F3N8O7/c1-25-23-53(32-7-8-33-35(20-32)43(60)55(42(33)59)36-9-10-38(56)51-40(36)58)24-26(2)54(25)13-16-62-41-37(52-11-14-61-15-12-52)18-29(21-49-41)34-19-31(22-48-27(34)3)50-39(57)28-5-4-6-30(17-28)44(45,46)47/h4-8,17-22,25-26,36H,9-16,23-24H2,1-3H3,(H,50,57)(H,51,56,58). The van der Waals surface area contributed by atoms with Crippen LogP contribution in [0.25, 0.3) is 11.1 Å². The average molecular weight is 855 g/mol. The van der Waals surface area contributed by atoms with Crippen LogP contribution in [-0.2, 0) is 20.5 Å². The van der Waals surface area contributed by atoms with Crippen molar-refractivity contribution in [2.45, 2.75) is 57.9 Å². The molecule has 5 amide bonds. The Morgan fingerprint density at radius 1 is 0.903 bits per heavy atom. The van der Waals surface area contributed by atoms with Gasteiger partial charge in [0.25, 0.3) is 17.7 Å². The molecule has 2 aromatic heterocycles. The summed E-state index contributed by atoms with van der Waals surface area (Å²) in [6.07, 6.45) is -1.32. The minimum atomic E-state index is -4.59. The number of halogens is 3. The third-order valence-electron chi connectivity index (χ3n) is 11.8. The van der Waals surface area contributed by atoms with Gasteiger partial charge in [-0.25, -0.2) is 4.98 Å². The van der Waals surface area contributed by atoms with Gasteiger partial charge in [-0.2, -0.15) is 13.2 Å². The number of pyridine rings is 2. The maximum atomic E-state index is 13.5. The quantitative estimate of drug-likeness (QED) is 0.207. The van der Waals surface area contributed by atoms with Crippen LogP contribution in [0.2, 0.25) is 0 Å². The van der Waals surface area contributed by atoms with Gasteiger partial charge in [-0.15, -0.1) is 0 Å². The predicted octanol–water partition coefficient (Wildman–Crippen LogP) is 4.94. The van der Waals surface area contributed by atoms with E-state index in [0.29, 0.717) is 80.9 Å². The number of hydrogen-bond donors (Lipinski definition) is 2. The van der Waals surface area contributed by atoms with Gasteiger partial charge in [0.15, 0.2) is 0 Å². The smallest absolute Gasteiger partial charge is 0.416 e. The van der Waals surface area contributed by atoms with E-state index in [1.165, 1.54) is 18.3 Å². The Labute approximate surface area is 355 Å². The molecule has 62 heavy (non-hydrogen) atoms. The Kier molecular flexibility index (Phi) is 11.7. The largest absolute Gasteiger partial charge is 0.475 e. The van der Waals surface area contributed by atoms with E-state index >= 15 is 0 Å². The highest BCUT2D eigenvalue weighted by Gasteiger charge is 2.45. The van der Waals surface area contributed by atoms with Crippen LogP contribution >= 0.6 is 0 Å². The number of imide groups is 2. The van der Waals surface area contributed by atoms with E-state index in [1.807, 2.05) is 19.1 Å². The lowest BCUT2D eigenvalue weighted by molar-refractivity contribution is -0.138. The van der Waals surface area contributed by atoms with Gasteiger partial charge in [-0.1, -0.05) is 6.07 Å². The molecule has 0 saturated carbocycles. The monoisotopic (exact) mass is 854 g/mol. The zero-order chi connectivity index (χ0) is 43.9. The summed E-state index contributed by atoms with van der Waals surface area (Å²) in [5.41, 5.74) is 3.31. The second-order valence-electron chi connectivity index (χ2n) is 15.9. The lowest BCUT2D eigenvalue weighted by Crippen LogP contribution is -2.57. The summed E-state index contributed by atoms with van der Waals surface area (Å²) in [5, 5.41) is 4.90. The van der Waals surface area contributed by atoms with E-state index in [-0.39, 0.29) is 41.6 Å². The molecule has 6 heterocycles. The number of fused-ring (bicyclic) bond motifs is 1. The number of aromatic nitrogens is 2. The molecule has 18 heteroatoms. The lowest BCUT2D eigenvalue weighted by atomic mass is 10.0. The number of carbonyl (C=O) groups is 5. The number of nitrogens with one attached hydrogen (secondary N) is 2. The van der Waals surface area contributed by atoms with Crippen LogP contribution in [0, 0.1) is 6.92 Å². The first-order valence-corrected chi connectivity index (χ1v) is 20.4. The number of piperazine rings is 1. The van der Waals surface area contributed by atoms with Crippen LogP contribution in [0.1, 0.15) is 69.0 Å². The van der Waals surface area contributed by atoms with Crippen molar-refractivity contribution in [2.24, 2.45) is 0 Å². The van der Waals surface area contributed by atoms with Crippen molar-refractivity contribution in [3.63, 3.8) is 0 Å². The summed E-state index contributed by atoms with van der Waals surface area (Å²) in [5.74, 6) is -2.42. The fourth-order valence-corrected chi connectivity index (χ4v) is 8.58. The Morgan fingerprint density at radius 2 is 1.65 bits per heavy atom. The Bertz CT molecular complexity index is 2430. The molecule has 2 N–H and O–H groups in total. The van der Waals surface area contributed by atoms with E-state index in [9.17, 15) is 37.1 Å². The van der Waals surface area contributed by atoms with Crippen LogP contribution in [0.3, 0.4) is 0 Å². The number of benzene rings is 2. The Balaban J connectivity index is 0.933. The van der Waals surface area contributed by atoms with Crippen molar-refractivity contribution in [3.8, 4) is 17.0 Å². The first-order valence-electron chi connectivity index (χ1n) is 20.4. The highest BCUT2D eigenvalue weighted by molar-refractivity contribution is 6.23. The zero-order valence-corrected chi connectivity index (χ0v) is 34.3. The van der Waals surface area contributed by atoms with Gasteiger partial charge in [-0.05, 0) is 75.7 Å². The molecular weight excluding hydrogens is 810 g/mol. The number of alkyl halides is 3. The number of piperidine rings is 1. The fourth-order valence-electron chi connectivity index (χ4n) is 8.58. The van der Waals surface area contributed by atoms with E-state index in [4.69, 9.17) is 14.5 Å². The molecule has 3 atom stereocenters. The summed E-state index contributed by atoms with van der Waals surface area (Å²) in [4.78, 5) is 80.8. The normalized spacial score (nSPS) is 20.9. The number of anilines is 3. The predicted molar refractivity (Wildman–Crippen MR) is 221 cm³/mol. The molecule has 4 aromatic rings. The molecule has 4 aliphatic rings. The van der Waals surface area contributed by atoms with Gasteiger partial charge in [0.05, 0.1) is 41.8 Å². The van der Waals surface area contributed by atoms with Crippen LogP contribution < -0.4 is 25.2 Å². The molecule has 0 aliphatic carbocycles. The summed E-state index contributed by atoms with van der Waals surface area (Å²) >= 11 is 0. The summed E-state index contributed by atoms with van der Waals surface area (Å²) < 4.78 is 51.9. The number of nitrogens with zero attached hydrogens (tertiary/aromatic N) is 6. The highest BCUT2D eigenvalue weighted by atomic mass is 19.4. The summed E-state index contributed by atoms with van der Waals surface area (Å²) in [6, 6.07) is 12.2. The highest BCUT2D eigenvalue weighted by Crippen LogP contribution is 2.36. The maximum absolute atomic E-state index is 13.5. The van der Waals surface area contributed by atoms with Crippen molar-refractivity contribution in [1.29, 1.82) is 0 Å². The topological polar surface area (TPSA) is 167 Å². The third kappa shape index (κ3) is 8.56. The molecule has 3 unspecified atom stereocenters. The molecule has 8 rings (SSSR count). The molecule has 2 aromatic carbocycles. The zero-order valence-electron chi connectivity index (χ0n) is 34.3. The van der Waals surface area contributed by atoms with Gasteiger partial charge in [-0.3, -0.25) is 44.1 Å². The third-order valence-corrected chi connectivity index (χ3v) is 11.8. The average Bonchev–Trinajstić information content (AvgIpc) is 3.50. The summed E-state index contributed by atoms with van der Waals surface area (Å²) in [6.45, 7) is 10.5. The van der Waals surface area contributed by atoms with Crippen molar-refractivity contribution in [1.82, 2.24) is 25.1 Å². The van der Waals surface area contributed by atoms with Crippen LogP contribution in [0.5, 0.6) is 5.88 Å². The van der Waals surface area contributed by atoms with E-state index in [0.717, 1.165) is 28.4 Å². The van der Waals surface area contributed by atoms with Gasteiger partial charge >= 0.3 is 6.18 Å². The number of aryl methyl sites for hydroxylation is 1. The second-order valence-corrected chi connectivity index (χ2v) is 15.9. The van der Waals surface area contributed by atoms with Crippen LogP contribution in [0.15, 0.2) is 67.0 Å². The molecule has 324 valence electrons. The molecule has 3 fully saturated rings. The minimum absolute atomic E-state index is 0.0507. The van der Waals surface area contributed by atoms with Gasteiger partial charge in [0.2, 0.25) is 17.7 Å². The molecule has 0 spiro atoms. The molecule has 0 radical (unpaired) electrons. The van der Waals surface area contributed by atoms with Gasteiger partial charge in [0.1, 0.15) is 18.3 Å². The van der Waals surface area contributed by atoms with Crippen molar-refractivity contribution >= 4 is 46.6 Å². The van der Waals surface area contributed by atoms with Crippen molar-refractivity contribution in [2.75, 3.05) is 67.7 Å². The Morgan fingerprint density at radius 3 is 2.37 bits per heavy atom. The van der Waals surface area contributed by atoms with Crippen LogP contribution in [-0.4, -0.2) is 120 Å². The molecule has 4 aliphatic heterocycles. The number of ether oxygens (including phenoxy) is 2.